The van der Waals surface area contributed by atoms with Crippen LogP contribution < -0.4 is 5.73 Å². The van der Waals surface area contributed by atoms with Crippen LogP contribution in [-0.2, 0) is 10.0 Å². The summed E-state index contributed by atoms with van der Waals surface area (Å²) < 4.78 is 25.7. The van der Waals surface area contributed by atoms with E-state index in [0.717, 1.165) is 12.8 Å². The second kappa shape index (κ2) is 4.02. The minimum Gasteiger partial charge on any atom is -0.398 e. The van der Waals surface area contributed by atoms with Crippen molar-refractivity contribution in [1.82, 2.24) is 4.31 Å². The highest BCUT2D eigenvalue weighted by molar-refractivity contribution is 7.89. The largest absolute Gasteiger partial charge is 0.398 e. The van der Waals surface area contributed by atoms with Crippen LogP contribution in [0.5, 0.6) is 0 Å². The van der Waals surface area contributed by atoms with Crippen LogP contribution in [0.25, 0.3) is 0 Å². The van der Waals surface area contributed by atoms with E-state index in [1.165, 1.54) is 22.5 Å². The average molecular weight is 251 g/mol. The van der Waals surface area contributed by atoms with Crippen molar-refractivity contribution in [2.75, 3.05) is 12.8 Å². The van der Waals surface area contributed by atoms with Gasteiger partial charge in [0, 0.05) is 13.1 Å². The first kappa shape index (κ1) is 11.9. The minimum absolute atomic E-state index is 0.0749. The SMILES string of the molecule is CN(C1CC1)S(=O)(=O)c1ccc(C#N)cc1N. The van der Waals surface area contributed by atoms with Crippen molar-refractivity contribution in [1.29, 1.82) is 5.26 Å². The lowest BCUT2D eigenvalue weighted by Crippen LogP contribution is -2.29. The van der Waals surface area contributed by atoms with Crippen molar-refractivity contribution in [3.8, 4) is 6.07 Å². The Balaban J connectivity index is 2.43. The Morgan fingerprint density at radius 2 is 2.12 bits per heavy atom. The van der Waals surface area contributed by atoms with Gasteiger partial charge in [-0.15, -0.1) is 0 Å². The molecule has 1 fully saturated rings. The number of sulfonamides is 1. The molecule has 1 aliphatic rings. The number of benzene rings is 1. The number of nitriles is 1. The average Bonchev–Trinajstić information content (AvgIpc) is 3.11. The van der Waals surface area contributed by atoms with Gasteiger partial charge in [0.1, 0.15) is 4.90 Å². The second-order valence-electron chi connectivity index (χ2n) is 4.12. The summed E-state index contributed by atoms with van der Waals surface area (Å²) in [5.41, 5.74) is 6.16. The molecule has 90 valence electrons. The van der Waals surface area contributed by atoms with Gasteiger partial charge in [-0.25, -0.2) is 8.42 Å². The summed E-state index contributed by atoms with van der Waals surface area (Å²) >= 11 is 0. The molecule has 5 nitrogen and oxygen atoms in total. The molecule has 0 unspecified atom stereocenters. The Kier molecular flexibility index (Phi) is 2.81. The first-order valence-electron chi connectivity index (χ1n) is 5.24. The summed E-state index contributed by atoms with van der Waals surface area (Å²) in [6, 6.07) is 6.25. The van der Waals surface area contributed by atoms with Gasteiger partial charge < -0.3 is 5.73 Å². The molecule has 0 radical (unpaired) electrons. The maximum Gasteiger partial charge on any atom is 0.245 e. The number of hydrogen-bond acceptors (Lipinski definition) is 4. The van der Waals surface area contributed by atoms with Crippen molar-refractivity contribution in [2.24, 2.45) is 0 Å². The van der Waals surface area contributed by atoms with Crippen molar-refractivity contribution < 1.29 is 8.42 Å². The van der Waals surface area contributed by atoms with Gasteiger partial charge in [0.2, 0.25) is 10.0 Å². The molecule has 0 aliphatic heterocycles. The fourth-order valence-electron chi connectivity index (χ4n) is 1.64. The molecular weight excluding hydrogens is 238 g/mol. The van der Waals surface area contributed by atoms with E-state index in [4.69, 9.17) is 11.0 Å². The molecule has 1 saturated carbocycles. The summed E-state index contributed by atoms with van der Waals surface area (Å²) in [5, 5.41) is 8.70. The van der Waals surface area contributed by atoms with Crippen molar-refractivity contribution >= 4 is 15.7 Å². The molecule has 17 heavy (non-hydrogen) atoms. The predicted molar refractivity (Wildman–Crippen MR) is 63.5 cm³/mol. The van der Waals surface area contributed by atoms with E-state index < -0.39 is 10.0 Å². The first-order chi connectivity index (χ1) is 7.96. The molecule has 0 atom stereocenters. The Bertz CT molecular complexity index is 585. The number of nitrogens with zero attached hydrogens (tertiary/aromatic N) is 2. The van der Waals surface area contributed by atoms with Crippen LogP contribution in [0.2, 0.25) is 0 Å². The predicted octanol–water partition coefficient (Wildman–Crippen LogP) is 0.923. The first-order valence-corrected chi connectivity index (χ1v) is 6.68. The highest BCUT2D eigenvalue weighted by Gasteiger charge is 2.35. The summed E-state index contributed by atoms with van der Waals surface area (Å²) in [4.78, 5) is 0.0749. The smallest absolute Gasteiger partial charge is 0.245 e. The fourth-order valence-corrected chi connectivity index (χ4v) is 3.15. The Morgan fingerprint density at radius 3 is 2.59 bits per heavy atom. The lowest BCUT2D eigenvalue weighted by atomic mass is 10.2. The number of anilines is 1. The van der Waals surface area contributed by atoms with E-state index in [0.29, 0.717) is 5.56 Å². The molecular formula is C11H13N3O2S. The van der Waals surface area contributed by atoms with Crippen molar-refractivity contribution in [3.05, 3.63) is 23.8 Å². The van der Waals surface area contributed by atoms with Crippen LogP contribution in [0, 0.1) is 11.3 Å². The minimum atomic E-state index is -3.53. The molecule has 0 amide bonds. The zero-order valence-electron chi connectivity index (χ0n) is 9.42. The zero-order valence-corrected chi connectivity index (χ0v) is 10.2. The molecule has 2 rings (SSSR count). The third-order valence-electron chi connectivity index (χ3n) is 2.86. The maximum atomic E-state index is 12.2. The topological polar surface area (TPSA) is 87.2 Å². The van der Waals surface area contributed by atoms with Crippen LogP contribution >= 0.6 is 0 Å². The summed E-state index contributed by atoms with van der Waals surface area (Å²) in [6.45, 7) is 0. The van der Waals surface area contributed by atoms with E-state index in [1.54, 1.807) is 7.05 Å². The Labute approximate surface area is 101 Å². The van der Waals surface area contributed by atoms with Crippen LogP contribution in [0.3, 0.4) is 0 Å². The summed E-state index contributed by atoms with van der Waals surface area (Å²) in [5.74, 6) is 0. The van der Waals surface area contributed by atoms with Gasteiger partial charge in [0.05, 0.1) is 17.3 Å². The number of nitrogen functional groups attached to an aromatic ring is 1. The molecule has 0 spiro atoms. The van der Waals surface area contributed by atoms with Crippen LogP contribution in [0.15, 0.2) is 23.1 Å². The zero-order chi connectivity index (χ0) is 12.6. The van der Waals surface area contributed by atoms with E-state index in [-0.39, 0.29) is 16.6 Å². The highest BCUT2D eigenvalue weighted by atomic mass is 32.2. The van der Waals surface area contributed by atoms with Gasteiger partial charge in [-0.05, 0) is 31.0 Å². The third-order valence-corrected chi connectivity index (χ3v) is 4.84. The standard InChI is InChI=1S/C11H13N3O2S/c1-14(9-3-4-9)17(15,16)11-5-2-8(7-12)6-10(11)13/h2,5-6,9H,3-4,13H2,1H3. The molecule has 1 aromatic rings. The van der Waals surface area contributed by atoms with E-state index in [2.05, 4.69) is 0 Å². The maximum absolute atomic E-state index is 12.2. The van der Waals surface area contributed by atoms with Crippen molar-refractivity contribution in [2.45, 2.75) is 23.8 Å². The van der Waals surface area contributed by atoms with Crippen LogP contribution in [-0.4, -0.2) is 25.8 Å². The van der Waals surface area contributed by atoms with Gasteiger partial charge in [-0.1, -0.05) is 0 Å². The Hall–Kier alpha value is -1.58. The molecule has 1 aliphatic carbocycles. The lowest BCUT2D eigenvalue weighted by molar-refractivity contribution is 0.464. The highest BCUT2D eigenvalue weighted by Crippen LogP contribution is 2.32. The van der Waals surface area contributed by atoms with Gasteiger partial charge in [0.25, 0.3) is 0 Å². The van der Waals surface area contributed by atoms with Gasteiger partial charge >= 0.3 is 0 Å². The van der Waals surface area contributed by atoms with Gasteiger partial charge in [-0.3, -0.25) is 0 Å². The fraction of sp³-hybridized carbons (Fsp3) is 0.364. The molecule has 0 heterocycles. The number of nitrogens with two attached hydrogens (primary N) is 1. The normalized spacial score (nSPS) is 15.8. The number of rotatable bonds is 3. The molecule has 6 heteroatoms. The molecule has 0 bridgehead atoms. The van der Waals surface area contributed by atoms with Crippen LogP contribution in [0.4, 0.5) is 5.69 Å². The van der Waals surface area contributed by atoms with Crippen LogP contribution in [0.1, 0.15) is 18.4 Å². The number of hydrogen-bond donors (Lipinski definition) is 1. The van der Waals surface area contributed by atoms with Gasteiger partial charge in [-0.2, -0.15) is 9.57 Å². The summed E-state index contributed by atoms with van der Waals surface area (Å²) in [6.07, 6.45) is 1.79. The van der Waals surface area contributed by atoms with E-state index in [1.807, 2.05) is 6.07 Å². The van der Waals surface area contributed by atoms with Crippen molar-refractivity contribution in [3.63, 3.8) is 0 Å². The van der Waals surface area contributed by atoms with E-state index in [9.17, 15) is 8.42 Å². The quantitative estimate of drug-likeness (QED) is 0.809. The second-order valence-corrected chi connectivity index (χ2v) is 6.08. The van der Waals surface area contributed by atoms with Gasteiger partial charge in [0.15, 0.2) is 0 Å². The van der Waals surface area contributed by atoms with E-state index >= 15 is 0 Å². The summed E-state index contributed by atoms with van der Waals surface area (Å²) in [7, 11) is -1.97. The third kappa shape index (κ3) is 2.12. The Morgan fingerprint density at radius 1 is 1.47 bits per heavy atom. The molecule has 0 aromatic heterocycles. The molecule has 1 aromatic carbocycles. The molecule has 2 N–H and O–H groups in total. The molecule has 0 saturated heterocycles. The monoisotopic (exact) mass is 251 g/mol. The lowest BCUT2D eigenvalue weighted by Gasteiger charge is -2.17.